The molecule has 1 fully saturated rings. The number of carbonyl (C=O) groups excluding carboxylic acids is 2. The smallest absolute Gasteiger partial charge is 0.335 e. The number of methoxy groups -OCH3 is 1. The summed E-state index contributed by atoms with van der Waals surface area (Å²) in [7, 11) is 1.06. The highest BCUT2D eigenvalue weighted by atomic mass is 16.6. The lowest BCUT2D eigenvalue weighted by Crippen LogP contribution is -2.39. The van der Waals surface area contributed by atoms with Crippen molar-refractivity contribution in [2.75, 3.05) is 13.7 Å². The van der Waals surface area contributed by atoms with Crippen LogP contribution in [0.15, 0.2) is 12.3 Å². The van der Waals surface area contributed by atoms with Crippen molar-refractivity contribution in [1.82, 2.24) is 0 Å². The van der Waals surface area contributed by atoms with Gasteiger partial charge < -0.3 is 34.6 Å². The van der Waals surface area contributed by atoms with Crippen LogP contribution in [0, 0.1) is 5.92 Å². The van der Waals surface area contributed by atoms with E-state index in [0.29, 0.717) is 6.42 Å². The molecule has 0 spiro atoms. The standard InChI is InChI=1S/C16H21NO10/c1-25-16(24)9(18)5-11(19)26-7-10-12(20)13(21)14(27-10)17-4-2-3-8(6-17)15(22)23/h2,4,6,8-10,12-14,18,20-21H,3,5,7H2,1H3/p+1/t8?,9-,10+,12+,13+,14+/m0/s1. The number of aliphatic hydroxyl groups excluding tert-OH is 3. The summed E-state index contributed by atoms with van der Waals surface area (Å²) in [5.41, 5.74) is 0. The fourth-order valence-corrected chi connectivity index (χ4v) is 2.71. The second-order valence-electron chi connectivity index (χ2n) is 6.13. The molecular weight excluding hydrogens is 366 g/mol. The van der Waals surface area contributed by atoms with Gasteiger partial charge >= 0.3 is 17.9 Å². The van der Waals surface area contributed by atoms with E-state index in [1.807, 2.05) is 0 Å². The van der Waals surface area contributed by atoms with Gasteiger partial charge in [0.2, 0.25) is 0 Å². The third-order valence-corrected chi connectivity index (χ3v) is 4.21. The van der Waals surface area contributed by atoms with Gasteiger partial charge in [-0.15, -0.1) is 0 Å². The minimum absolute atomic E-state index is 0.292. The molecule has 2 aliphatic heterocycles. The van der Waals surface area contributed by atoms with Crippen molar-refractivity contribution < 1.29 is 53.6 Å². The SMILES string of the molecule is COC(=O)[C@@H](O)CC(=O)OC[C@H]1O[C@@H]([N+]2=CC(C(=O)O)CC=C2)[C@H](O)[C@@H]1O. The second-order valence-corrected chi connectivity index (χ2v) is 6.13. The molecule has 1 unspecified atom stereocenters. The van der Waals surface area contributed by atoms with Gasteiger partial charge in [-0.1, -0.05) is 0 Å². The number of hydrogen-bond donors (Lipinski definition) is 4. The summed E-state index contributed by atoms with van der Waals surface area (Å²) in [4.78, 5) is 33.8. The van der Waals surface area contributed by atoms with Crippen molar-refractivity contribution in [2.24, 2.45) is 5.92 Å². The van der Waals surface area contributed by atoms with Crippen molar-refractivity contribution in [3.63, 3.8) is 0 Å². The van der Waals surface area contributed by atoms with Gasteiger partial charge in [0.1, 0.15) is 24.7 Å². The zero-order valence-electron chi connectivity index (χ0n) is 14.5. The van der Waals surface area contributed by atoms with E-state index in [0.717, 1.165) is 7.11 Å². The summed E-state index contributed by atoms with van der Waals surface area (Å²) in [5.74, 6) is -3.73. The van der Waals surface area contributed by atoms with Crippen molar-refractivity contribution in [2.45, 2.75) is 43.5 Å². The number of carboxylic acid groups (broad SMARTS) is 1. The molecule has 6 atom stereocenters. The van der Waals surface area contributed by atoms with Crippen molar-refractivity contribution in [3.8, 4) is 0 Å². The topological polar surface area (TPSA) is 163 Å². The Hall–Kier alpha value is -2.34. The van der Waals surface area contributed by atoms with E-state index in [9.17, 15) is 29.7 Å². The molecule has 1 saturated heterocycles. The van der Waals surface area contributed by atoms with Gasteiger partial charge in [0.05, 0.1) is 13.5 Å². The van der Waals surface area contributed by atoms with Gasteiger partial charge in [-0.25, -0.2) is 4.79 Å². The van der Waals surface area contributed by atoms with Gasteiger partial charge in [0.25, 0.3) is 6.23 Å². The van der Waals surface area contributed by atoms with Crippen LogP contribution >= 0.6 is 0 Å². The lowest BCUT2D eigenvalue weighted by molar-refractivity contribution is -0.561. The van der Waals surface area contributed by atoms with Gasteiger partial charge in [-0.2, -0.15) is 4.58 Å². The Labute approximate surface area is 154 Å². The van der Waals surface area contributed by atoms with Crippen LogP contribution in [0.1, 0.15) is 12.8 Å². The average Bonchev–Trinajstić information content (AvgIpc) is 2.94. The van der Waals surface area contributed by atoms with E-state index in [1.165, 1.54) is 17.0 Å². The second kappa shape index (κ2) is 9.04. The van der Waals surface area contributed by atoms with Crippen molar-refractivity contribution in [1.29, 1.82) is 0 Å². The summed E-state index contributed by atoms with van der Waals surface area (Å²) < 4.78 is 16.0. The molecule has 2 rings (SSSR count). The van der Waals surface area contributed by atoms with E-state index in [-0.39, 0.29) is 0 Å². The third-order valence-electron chi connectivity index (χ3n) is 4.21. The summed E-state index contributed by atoms with van der Waals surface area (Å²) in [6, 6.07) is 0. The lowest BCUT2D eigenvalue weighted by Gasteiger charge is -2.15. The Morgan fingerprint density at radius 1 is 1.30 bits per heavy atom. The minimum atomic E-state index is -1.67. The van der Waals surface area contributed by atoms with E-state index in [2.05, 4.69) is 4.74 Å². The molecule has 0 bridgehead atoms. The number of aliphatic hydroxyl groups is 3. The summed E-state index contributed by atoms with van der Waals surface area (Å²) in [5, 5.41) is 38.7. The molecule has 2 heterocycles. The molecule has 27 heavy (non-hydrogen) atoms. The Morgan fingerprint density at radius 3 is 2.63 bits per heavy atom. The average molecular weight is 388 g/mol. The Morgan fingerprint density at radius 2 is 2.00 bits per heavy atom. The van der Waals surface area contributed by atoms with E-state index < -0.39 is 67.5 Å². The summed E-state index contributed by atoms with van der Waals surface area (Å²) in [6.45, 7) is -0.429. The number of carboxylic acids is 1. The largest absolute Gasteiger partial charge is 0.481 e. The maximum atomic E-state index is 11.6. The molecule has 0 aromatic rings. The molecule has 11 heteroatoms. The normalized spacial score (nSPS) is 31.1. The number of ether oxygens (including phenoxy) is 3. The molecule has 0 amide bonds. The van der Waals surface area contributed by atoms with Crippen LogP contribution < -0.4 is 0 Å². The Balaban J connectivity index is 1.93. The lowest BCUT2D eigenvalue weighted by atomic mass is 10.0. The van der Waals surface area contributed by atoms with Crippen LogP contribution in [0.5, 0.6) is 0 Å². The minimum Gasteiger partial charge on any atom is -0.481 e. The monoisotopic (exact) mass is 388 g/mol. The first kappa shape index (κ1) is 21.0. The zero-order valence-corrected chi connectivity index (χ0v) is 14.5. The number of carbonyl (C=O) groups is 3. The third kappa shape index (κ3) is 5.10. The van der Waals surface area contributed by atoms with Gasteiger partial charge in [0, 0.05) is 0 Å². The van der Waals surface area contributed by atoms with Crippen LogP contribution in [-0.2, 0) is 28.6 Å². The fraction of sp³-hybridized carbons (Fsp3) is 0.625. The first-order valence-electron chi connectivity index (χ1n) is 8.19. The number of hydrogen-bond acceptors (Lipinski definition) is 9. The molecule has 0 aromatic carbocycles. The zero-order chi connectivity index (χ0) is 20.1. The first-order valence-corrected chi connectivity index (χ1v) is 8.19. The highest BCUT2D eigenvalue weighted by molar-refractivity contribution is 5.87. The maximum absolute atomic E-state index is 11.6. The van der Waals surface area contributed by atoms with Gasteiger partial charge in [-0.05, 0) is 12.5 Å². The van der Waals surface area contributed by atoms with Crippen LogP contribution in [0.2, 0.25) is 0 Å². The number of aliphatic carboxylic acids is 1. The maximum Gasteiger partial charge on any atom is 0.335 e. The summed E-state index contributed by atoms with van der Waals surface area (Å²) >= 11 is 0. The molecule has 0 saturated carbocycles. The molecule has 150 valence electrons. The van der Waals surface area contributed by atoms with Crippen LogP contribution in [-0.4, -0.2) is 93.5 Å². The molecule has 4 N–H and O–H groups in total. The fourth-order valence-electron chi connectivity index (χ4n) is 2.71. The van der Waals surface area contributed by atoms with Gasteiger partial charge in [-0.3, -0.25) is 9.59 Å². The number of nitrogens with zero attached hydrogens (tertiary/aromatic N) is 1. The van der Waals surface area contributed by atoms with E-state index in [4.69, 9.17) is 14.6 Å². The highest BCUT2D eigenvalue weighted by Gasteiger charge is 2.49. The quantitative estimate of drug-likeness (QED) is 0.273. The van der Waals surface area contributed by atoms with Crippen molar-refractivity contribution in [3.05, 3.63) is 12.3 Å². The predicted octanol–water partition coefficient (Wildman–Crippen LogP) is -2.40. The Kier molecular flexibility index (Phi) is 7.02. The molecule has 11 nitrogen and oxygen atoms in total. The summed E-state index contributed by atoms with van der Waals surface area (Å²) in [6.07, 6.45) is -2.41. The molecule has 2 aliphatic rings. The van der Waals surface area contributed by atoms with Crippen LogP contribution in [0.3, 0.4) is 0 Å². The van der Waals surface area contributed by atoms with E-state index in [1.54, 1.807) is 6.08 Å². The molecule has 0 aliphatic carbocycles. The van der Waals surface area contributed by atoms with Gasteiger partial charge in [0.15, 0.2) is 24.6 Å². The number of esters is 2. The van der Waals surface area contributed by atoms with Crippen LogP contribution in [0.25, 0.3) is 0 Å². The highest BCUT2D eigenvalue weighted by Crippen LogP contribution is 2.24. The molecular formula is C16H22NO10+. The Bertz CT molecular complexity index is 645. The predicted molar refractivity (Wildman–Crippen MR) is 85.5 cm³/mol. The van der Waals surface area contributed by atoms with E-state index >= 15 is 0 Å². The number of allylic oxidation sites excluding steroid dienone is 1. The number of rotatable bonds is 7. The first-order chi connectivity index (χ1) is 12.7. The molecule has 0 aromatic heterocycles. The van der Waals surface area contributed by atoms with Crippen LogP contribution in [0.4, 0.5) is 0 Å². The van der Waals surface area contributed by atoms with Crippen molar-refractivity contribution >= 4 is 24.1 Å². The molecule has 0 radical (unpaired) electrons.